The molecule has 1 N–H and O–H groups in total. The molecular formula is C20H19F5N4O. The van der Waals surface area contributed by atoms with Gasteiger partial charge in [0.1, 0.15) is 11.3 Å². The number of nitrogens with zero attached hydrogens (tertiary/aromatic N) is 3. The molecule has 5 nitrogen and oxygen atoms in total. The van der Waals surface area contributed by atoms with Crippen molar-refractivity contribution in [3.05, 3.63) is 41.5 Å². The topological polar surface area (TPSA) is 50.3 Å². The molecule has 160 valence electrons. The molecule has 0 radical (unpaired) electrons. The molecule has 2 bridgehead atoms. The van der Waals surface area contributed by atoms with Gasteiger partial charge >= 0.3 is 12.2 Å². The molecule has 2 aliphatic rings. The SMILES string of the molecule is COc1nc(N2CC3CCC(C2)N3)c2cc(C(F)(F)F)c(/C=C/C=C/F)c(F)c2n1. The lowest BCUT2D eigenvalue weighted by Gasteiger charge is -2.34. The number of ether oxygens (including phenoxy) is 1. The number of piperazine rings is 1. The van der Waals surface area contributed by atoms with Crippen LogP contribution in [0.4, 0.5) is 27.8 Å². The molecule has 30 heavy (non-hydrogen) atoms. The molecule has 2 atom stereocenters. The standard InChI is InChI=1S/C20H19F5N4O/c1-30-19-27-17-14(18(28-19)29-9-11-5-6-12(10-29)26-11)8-15(20(23,24)25)13(16(17)22)4-2-3-7-21/h2-4,7-8,11-12,26H,5-6,9-10H2,1H3/b4-2+,7-3+. The van der Waals surface area contributed by atoms with E-state index in [0.717, 1.165) is 37.1 Å². The number of rotatable bonds is 4. The third-order valence-electron chi connectivity index (χ3n) is 5.38. The number of methoxy groups -OCH3 is 1. The van der Waals surface area contributed by atoms with Crippen LogP contribution in [0.25, 0.3) is 17.0 Å². The van der Waals surface area contributed by atoms with Crippen molar-refractivity contribution < 1.29 is 26.7 Å². The fourth-order valence-electron chi connectivity index (χ4n) is 4.10. The Morgan fingerprint density at radius 3 is 2.47 bits per heavy atom. The first-order valence-electron chi connectivity index (χ1n) is 9.41. The Balaban J connectivity index is 1.95. The van der Waals surface area contributed by atoms with Crippen molar-refractivity contribution >= 4 is 22.8 Å². The number of benzene rings is 1. The molecule has 2 saturated heterocycles. The lowest BCUT2D eigenvalue weighted by molar-refractivity contribution is -0.137. The minimum atomic E-state index is -4.83. The van der Waals surface area contributed by atoms with Crippen molar-refractivity contribution in [2.75, 3.05) is 25.1 Å². The van der Waals surface area contributed by atoms with Crippen LogP contribution in [0, 0.1) is 5.82 Å². The van der Waals surface area contributed by atoms with Crippen molar-refractivity contribution in [1.82, 2.24) is 15.3 Å². The molecular weight excluding hydrogens is 407 g/mol. The number of halogens is 5. The second kappa shape index (κ2) is 7.82. The first-order valence-corrected chi connectivity index (χ1v) is 9.41. The summed E-state index contributed by atoms with van der Waals surface area (Å²) in [7, 11) is 1.31. The van der Waals surface area contributed by atoms with E-state index in [9.17, 15) is 17.6 Å². The normalized spacial score (nSPS) is 22.0. The van der Waals surface area contributed by atoms with E-state index in [1.165, 1.54) is 7.11 Å². The van der Waals surface area contributed by atoms with Gasteiger partial charge in [-0.1, -0.05) is 12.2 Å². The molecule has 4 rings (SSSR count). The van der Waals surface area contributed by atoms with Gasteiger partial charge < -0.3 is 15.0 Å². The summed E-state index contributed by atoms with van der Waals surface area (Å²) < 4.78 is 73.8. The minimum Gasteiger partial charge on any atom is -0.467 e. The number of anilines is 1. The van der Waals surface area contributed by atoms with Crippen molar-refractivity contribution in [3.8, 4) is 6.01 Å². The van der Waals surface area contributed by atoms with Crippen LogP contribution in [-0.4, -0.2) is 42.3 Å². The molecule has 1 aromatic carbocycles. The molecule has 2 aliphatic heterocycles. The van der Waals surface area contributed by atoms with Crippen molar-refractivity contribution in [1.29, 1.82) is 0 Å². The third kappa shape index (κ3) is 3.71. The number of fused-ring (bicyclic) bond motifs is 3. The van der Waals surface area contributed by atoms with Crippen LogP contribution in [0.2, 0.25) is 0 Å². The Morgan fingerprint density at radius 2 is 1.87 bits per heavy atom. The number of nitrogens with one attached hydrogen (secondary N) is 1. The van der Waals surface area contributed by atoms with Crippen LogP contribution in [0.15, 0.2) is 24.5 Å². The van der Waals surface area contributed by atoms with Gasteiger partial charge in [0.25, 0.3) is 0 Å². The quantitative estimate of drug-likeness (QED) is 0.586. The average Bonchev–Trinajstić information content (AvgIpc) is 3.05. The Labute approximate surface area is 169 Å². The maximum atomic E-state index is 15.3. The van der Waals surface area contributed by atoms with Crippen molar-refractivity contribution in [2.45, 2.75) is 31.1 Å². The highest BCUT2D eigenvalue weighted by Crippen LogP contribution is 2.40. The molecule has 0 aliphatic carbocycles. The maximum Gasteiger partial charge on any atom is 0.417 e. The number of hydrogen-bond acceptors (Lipinski definition) is 5. The second-order valence-electron chi connectivity index (χ2n) is 7.30. The van der Waals surface area contributed by atoms with E-state index >= 15 is 4.39 Å². The summed E-state index contributed by atoms with van der Waals surface area (Å²) in [5.41, 5.74) is -2.18. The van der Waals surface area contributed by atoms with Crippen LogP contribution in [-0.2, 0) is 6.18 Å². The molecule has 10 heteroatoms. The molecule has 2 fully saturated rings. The zero-order valence-corrected chi connectivity index (χ0v) is 16.0. The predicted molar refractivity (Wildman–Crippen MR) is 102 cm³/mol. The molecule has 3 heterocycles. The highest BCUT2D eigenvalue weighted by Gasteiger charge is 2.38. The lowest BCUT2D eigenvalue weighted by atomic mass is 10.0. The second-order valence-corrected chi connectivity index (χ2v) is 7.30. The molecule has 1 aromatic heterocycles. The Bertz CT molecular complexity index is 1010. The Morgan fingerprint density at radius 1 is 1.17 bits per heavy atom. The summed E-state index contributed by atoms with van der Waals surface area (Å²) in [6.45, 7) is 1.08. The van der Waals surface area contributed by atoms with Gasteiger partial charge in [0.2, 0.25) is 0 Å². The minimum absolute atomic E-state index is 0.0416. The van der Waals surface area contributed by atoms with Crippen LogP contribution in [0.1, 0.15) is 24.0 Å². The van der Waals surface area contributed by atoms with Gasteiger partial charge in [-0.25, -0.2) is 8.78 Å². The molecule has 0 saturated carbocycles. The van der Waals surface area contributed by atoms with Gasteiger partial charge in [-0.3, -0.25) is 0 Å². The summed E-state index contributed by atoms with van der Waals surface area (Å²) in [5.74, 6) is -0.956. The monoisotopic (exact) mass is 426 g/mol. The van der Waals surface area contributed by atoms with Gasteiger partial charge in [-0.2, -0.15) is 23.1 Å². The summed E-state index contributed by atoms with van der Waals surface area (Å²) in [6.07, 6.45) is -0.0361. The summed E-state index contributed by atoms with van der Waals surface area (Å²) >= 11 is 0. The van der Waals surface area contributed by atoms with Crippen molar-refractivity contribution in [2.24, 2.45) is 0 Å². The lowest BCUT2D eigenvalue weighted by Crippen LogP contribution is -2.51. The Kier molecular flexibility index (Phi) is 5.35. The highest BCUT2D eigenvalue weighted by atomic mass is 19.4. The highest BCUT2D eigenvalue weighted by molar-refractivity contribution is 5.93. The van der Waals surface area contributed by atoms with Crippen molar-refractivity contribution in [3.63, 3.8) is 0 Å². The first-order chi connectivity index (χ1) is 14.3. The summed E-state index contributed by atoms with van der Waals surface area (Å²) in [5, 5.41) is 3.39. The maximum absolute atomic E-state index is 15.3. The zero-order valence-electron chi connectivity index (χ0n) is 16.0. The van der Waals surface area contributed by atoms with E-state index in [0.29, 0.717) is 13.1 Å². The molecule has 2 aromatic rings. The summed E-state index contributed by atoms with van der Waals surface area (Å²) in [6, 6.07) is 1.11. The third-order valence-corrected chi connectivity index (χ3v) is 5.38. The van der Waals surface area contributed by atoms with Crippen LogP contribution in [0.3, 0.4) is 0 Å². The van der Waals surface area contributed by atoms with Gasteiger partial charge in [0.05, 0.1) is 19.0 Å². The fraction of sp³-hybridized carbons (Fsp3) is 0.400. The number of alkyl halides is 3. The predicted octanol–water partition coefficient (Wildman–Crippen LogP) is 4.23. The van der Waals surface area contributed by atoms with Gasteiger partial charge in [-0.15, -0.1) is 0 Å². The smallest absolute Gasteiger partial charge is 0.417 e. The van der Waals surface area contributed by atoms with E-state index in [1.54, 1.807) is 0 Å². The zero-order chi connectivity index (χ0) is 21.5. The van der Waals surface area contributed by atoms with Crippen LogP contribution in [0.5, 0.6) is 6.01 Å². The number of hydrogen-bond donors (Lipinski definition) is 1. The average molecular weight is 426 g/mol. The van der Waals surface area contributed by atoms with Gasteiger partial charge in [0.15, 0.2) is 5.82 Å². The van der Waals surface area contributed by atoms with E-state index in [4.69, 9.17) is 4.74 Å². The van der Waals surface area contributed by atoms with E-state index in [1.807, 2.05) is 4.90 Å². The van der Waals surface area contributed by atoms with E-state index in [2.05, 4.69) is 15.3 Å². The molecule has 0 spiro atoms. The van der Waals surface area contributed by atoms with Gasteiger partial charge in [-0.05, 0) is 25.0 Å². The largest absolute Gasteiger partial charge is 0.467 e. The van der Waals surface area contributed by atoms with E-state index < -0.39 is 23.1 Å². The Hall–Kier alpha value is -2.75. The first kappa shape index (κ1) is 20.5. The fourth-order valence-corrected chi connectivity index (χ4v) is 4.10. The van der Waals surface area contributed by atoms with E-state index in [-0.39, 0.29) is 41.1 Å². The van der Waals surface area contributed by atoms with Crippen LogP contribution < -0.4 is 15.0 Å². The van der Waals surface area contributed by atoms with Gasteiger partial charge in [0, 0.05) is 36.1 Å². The van der Waals surface area contributed by atoms with Crippen LogP contribution >= 0.6 is 0 Å². The molecule has 0 amide bonds. The number of allylic oxidation sites excluding steroid dienone is 2. The summed E-state index contributed by atoms with van der Waals surface area (Å²) in [4.78, 5) is 10.1. The number of aromatic nitrogens is 2. The molecule has 2 unspecified atom stereocenters.